The lowest BCUT2D eigenvalue weighted by molar-refractivity contribution is -0.143. The first-order chi connectivity index (χ1) is 9.81. The number of carbonyl (C=O) groups is 2. The number of carboxylic acids is 1. The molecule has 0 unspecified atom stereocenters. The number of hydrogen-bond acceptors (Lipinski definition) is 3. The van der Waals surface area contributed by atoms with E-state index in [-0.39, 0.29) is 12.3 Å². The number of aryl methyl sites for hydroxylation is 1. The zero-order valence-electron chi connectivity index (χ0n) is 12.7. The van der Waals surface area contributed by atoms with Crippen molar-refractivity contribution in [3.8, 4) is 0 Å². The maximum Gasteiger partial charge on any atom is 0.326 e. The van der Waals surface area contributed by atoms with Crippen molar-refractivity contribution >= 4 is 11.9 Å². The van der Waals surface area contributed by atoms with Crippen LogP contribution in [0.3, 0.4) is 0 Å². The van der Waals surface area contributed by atoms with Gasteiger partial charge in [0, 0.05) is 6.42 Å². The van der Waals surface area contributed by atoms with Crippen LogP contribution in [-0.2, 0) is 16.0 Å². The average Bonchev–Trinajstić information content (AvgIpc) is 2.39. The predicted molar refractivity (Wildman–Crippen MR) is 79.9 cm³/mol. The summed E-state index contributed by atoms with van der Waals surface area (Å²) in [5.41, 5.74) is 1.84. The highest BCUT2D eigenvalue weighted by molar-refractivity contribution is 5.86. The molecule has 0 aliphatic rings. The van der Waals surface area contributed by atoms with E-state index in [1.807, 2.05) is 45.0 Å². The monoisotopic (exact) mass is 293 g/mol. The molecular weight excluding hydrogens is 270 g/mol. The van der Waals surface area contributed by atoms with E-state index < -0.39 is 24.0 Å². The van der Waals surface area contributed by atoms with Crippen LogP contribution in [0, 0.1) is 12.8 Å². The molecule has 0 fully saturated rings. The number of carbonyl (C=O) groups excluding carboxylic acids is 1. The van der Waals surface area contributed by atoms with Crippen LogP contribution in [-0.4, -0.2) is 34.2 Å². The Kier molecular flexibility index (Phi) is 6.37. The molecule has 1 aromatic carbocycles. The molecule has 2 atom stereocenters. The van der Waals surface area contributed by atoms with Gasteiger partial charge >= 0.3 is 5.97 Å². The van der Waals surface area contributed by atoms with Gasteiger partial charge in [-0.15, -0.1) is 0 Å². The highest BCUT2D eigenvalue weighted by Gasteiger charge is 2.25. The van der Waals surface area contributed by atoms with Crippen LogP contribution in [0.2, 0.25) is 0 Å². The van der Waals surface area contributed by atoms with E-state index in [1.165, 1.54) is 0 Å². The van der Waals surface area contributed by atoms with Crippen molar-refractivity contribution in [3.63, 3.8) is 0 Å². The molecule has 0 aromatic heterocycles. The van der Waals surface area contributed by atoms with Crippen molar-refractivity contribution in [2.45, 2.75) is 45.8 Å². The quantitative estimate of drug-likeness (QED) is 0.711. The van der Waals surface area contributed by atoms with Gasteiger partial charge in [0.1, 0.15) is 12.1 Å². The van der Waals surface area contributed by atoms with Crippen molar-refractivity contribution < 1.29 is 19.8 Å². The number of rotatable bonds is 7. The maximum atomic E-state index is 11.8. The molecule has 5 nitrogen and oxygen atoms in total. The number of aliphatic carboxylic acids is 1. The molecule has 1 rings (SSSR count). The van der Waals surface area contributed by atoms with Crippen LogP contribution < -0.4 is 5.32 Å². The normalized spacial score (nSPS) is 13.8. The molecule has 0 bridgehead atoms. The first kappa shape index (κ1) is 17.2. The fourth-order valence-electron chi connectivity index (χ4n) is 2.08. The topological polar surface area (TPSA) is 86.6 Å². The molecular formula is C16H23NO4. The lowest BCUT2D eigenvalue weighted by Gasteiger charge is -2.19. The summed E-state index contributed by atoms with van der Waals surface area (Å²) in [5, 5.41) is 21.4. The number of aliphatic hydroxyl groups is 1. The second-order valence-electron chi connectivity index (χ2n) is 5.68. The first-order valence-electron chi connectivity index (χ1n) is 7.07. The Bertz CT molecular complexity index is 499. The second-order valence-corrected chi connectivity index (χ2v) is 5.68. The summed E-state index contributed by atoms with van der Waals surface area (Å²) in [6.07, 6.45) is -0.672. The van der Waals surface area contributed by atoms with Gasteiger partial charge in [0.05, 0.1) is 0 Å². The molecule has 0 spiro atoms. The van der Waals surface area contributed by atoms with Gasteiger partial charge in [0.2, 0.25) is 5.91 Å². The summed E-state index contributed by atoms with van der Waals surface area (Å²) in [4.78, 5) is 23.1. The van der Waals surface area contributed by atoms with Crippen molar-refractivity contribution in [2.24, 2.45) is 5.92 Å². The summed E-state index contributed by atoms with van der Waals surface area (Å²) in [5.74, 6) is -1.58. The van der Waals surface area contributed by atoms with Crippen LogP contribution in [0.25, 0.3) is 0 Å². The SMILES string of the molecule is Cc1ccccc1C[C@@H](NC(=O)[C@H](O)CC(C)C)C(=O)O. The third kappa shape index (κ3) is 5.55. The van der Waals surface area contributed by atoms with Crippen LogP contribution >= 0.6 is 0 Å². The van der Waals surface area contributed by atoms with Gasteiger partial charge in [-0.1, -0.05) is 38.1 Å². The van der Waals surface area contributed by atoms with E-state index >= 15 is 0 Å². The van der Waals surface area contributed by atoms with E-state index in [9.17, 15) is 19.8 Å². The summed E-state index contributed by atoms with van der Waals surface area (Å²) >= 11 is 0. The summed E-state index contributed by atoms with van der Waals surface area (Å²) < 4.78 is 0. The van der Waals surface area contributed by atoms with E-state index in [1.54, 1.807) is 0 Å². The number of amides is 1. The van der Waals surface area contributed by atoms with Crippen LogP contribution in [0.4, 0.5) is 0 Å². The molecule has 0 saturated carbocycles. The minimum Gasteiger partial charge on any atom is -0.480 e. The molecule has 0 radical (unpaired) electrons. The van der Waals surface area contributed by atoms with Crippen molar-refractivity contribution in [1.82, 2.24) is 5.32 Å². The van der Waals surface area contributed by atoms with E-state index in [0.717, 1.165) is 11.1 Å². The Balaban J connectivity index is 2.73. The molecule has 0 aliphatic carbocycles. The molecule has 0 aliphatic heterocycles. The second kappa shape index (κ2) is 7.78. The zero-order valence-corrected chi connectivity index (χ0v) is 12.7. The van der Waals surface area contributed by atoms with E-state index in [0.29, 0.717) is 6.42 Å². The summed E-state index contributed by atoms with van der Waals surface area (Å²) in [6.45, 7) is 5.67. The third-order valence-electron chi connectivity index (χ3n) is 3.30. The molecule has 0 heterocycles. The molecule has 21 heavy (non-hydrogen) atoms. The molecule has 0 saturated heterocycles. The lowest BCUT2D eigenvalue weighted by atomic mass is 10.0. The lowest BCUT2D eigenvalue weighted by Crippen LogP contribution is -2.47. The first-order valence-corrected chi connectivity index (χ1v) is 7.07. The van der Waals surface area contributed by atoms with Gasteiger partial charge in [-0.05, 0) is 30.4 Å². The van der Waals surface area contributed by atoms with Crippen LogP contribution in [0.15, 0.2) is 24.3 Å². The highest BCUT2D eigenvalue weighted by atomic mass is 16.4. The number of carboxylic acid groups (broad SMARTS) is 1. The number of aliphatic hydroxyl groups excluding tert-OH is 1. The van der Waals surface area contributed by atoms with Gasteiger partial charge in [-0.2, -0.15) is 0 Å². The average molecular weight is 293 g/mol. The molecule has 5 heteroatoms. The number of hydrogen-bond donors (Lipinski definition) is 3. The molecule has 116 valence electrons. The Hall–Kier alpha value is -1.88. The van der Waals surface area contributed by atoms with E-state index in [4.69, 9.17) is 0 Å². The fraction of sp³-hybridized carbons (Fsp3) is 0.500. The fourth-order valence-corrected chi connectivity index (χ4v) is 2.08. The number of nitrogens with one attached hydrogen (secondary N) is 1. The van der Waals surface area contributed by atoms with Crippen molar-refractivity contribution in [1.29, 1.82) is 0 Å². The Morgan fingerprint density at radius 1 is 1.24 bits per heavy atom. The Morgan fingerprint density at radius 2 is 1.86 bits per heavy atom. The van der Waals surface area contributed by atoms with Gasteiger partial charge in [0.25, 0.3) is 0 Å². The van der Waals surface area contributed by atoms with Gasteiger partial charge in [-0.25, -0.2) is 4.79 Å². The number of benzene rings is 1. The van der Waals surface area contributed by atoms with Crippen molar-refractivity contribution in [2.75, 3.05) is 0 Å². The molecule has 3 N–H and O–H groups in total. The molecule has 1 aromatic rings. The third-order valence-corrected chi connectivity index (χ3v) is 3.30. The highest BCUT2D eigenvalue weighted by Crippen LogP contribution is 2.11. The van der Waals surface area contributed by atoms with Crippen molar-refractivity contribution in [3.05, 3.63) is 35.4 Å². The minimum absolute atomic E-state index is 0.158. The Labute approximate surface area is 125 Å². The van der Waals surface area contributed by atoms with Crippen LogP contribution in [0.5, 0.6) is 0 Å². The maximum absolute atomic E-state index is 11.8. The summed E-state index contributed by atoms with van der Waals surface area (Å²) in [6, 6.07) is 6.39. The molecule has 1 amide bonds. The minimum atomic E-state index is -1.18. The van der Waals surface area contributed by atoms with Crippen LogP contribution in [0.1, 0.15) is 31.4 Å². The zero-order chi connectivity index (χ0) is 16.0. The summed E-state index contributed by atoms with van der Waals surface area (Å²) in [7, 11) is 0. The van der Waals surface area contributed by atoms with E-state index in [2.05, 4.69) is 5.32 Å². The van der Waals surface area contributed by atoms with Gasteiger partial charge < -0.3 is 15.5 Å². The largest absolute Gasteiger partial charge is 0.480 e. The smallest absolute Gasteiger partial charge is 0.326 e. The van der Waals surface area contributed by atoms with Gasteiger partial charge in [-0.3, -0.25) is 4.79 Å². The predicted octanol–water partition coefficient (Wildman–Crippen LogP) is 1.51. The standard InChI is InChI=1S/C16H23NO4/c1-10(2)8-14(18)15(19)17-13(16(20)21)9-12-7-5-4-6-11(12)3/h4-7,10,13-14,18H,8-9H2,1-3H3,(H,17,19)(H,20,21)/t13-,14-/m1/s1. The Morgan fingerprint density at radius 3 is 2.38 bits per heavy atom. The van der Waals surface area contributed by atoms with Gasteiger partial charge in [0.15, 0.2) is 0 Å².